The molecule has 0 aliphatic carbocycles. The lowest BCUT2D eigenvalue weighted by Crippen LogP contribution is -2.22. The monoisotopic (exact) mass is 313 g/mol. The van der Waals surface area contributed by atoms with Crippen molar-refractivity contribution in [3.63, 3.8) is 0 Å². The standard InChI is InChI=1S/C20H27NO2/c1-3-7-18(21)14-17-10-11-19(22-2)20(15-17)23-13-12-16-8-5-4-6-9-16/h4-6,8-11,15,18H,3,7,12-14,21H2,1-2H3/t18-/m0/s1. The first-order valence-electron chi connectivity index (χ1n) is 8.32. The summed E-state index contributed by atoms with van der Waals surface area (Å²) in [5, 5.41) is 0. The van der Waals surface area contributed by atoms with Gasteiger partial charge in [0.2, 0.25) is 0 Å². The minimum Gasteiger partial charge on any atom is -0.493 e. The zero-order valence-electron chi connectivity index (χ0n) is 14.1. The summed E-state index contributed by atoms with van der Waals surface area (Å²) in [6, 6.07) is 16.6. The highest BCUT2D eigenvalue weighted by Crippen LogP contribution is 2.28. The molecule has 0 aliphatic rings. The smallest absolute Gasteiger partial charge is 0.161 e. The molecule has 0 radical (unpaired) electrons. The fraction of sp³-hybridized carbons (Fsp3) is 0.400. The van der Waals surface area contributed by atoms with Crippen LogP contribution in [0.25, 0.3) is 0 Å². The molecule has 0 aliphatic heterocycles. The van der Waals surface area contributed by atoms with Crippen LogP contribution in [0, 0.1) is 0 Å². The van der Waals surface area contributed by atoms with E-state index >= 15 is 0 Å². The molecule has 0 heterocycles. The van der Waals surface area contributed by atoms with E-state index in [9.17, 15) is 0 Å². The Hall–Kier alpha value is -2.00. The molecule has 0 saturated carbocycles. The summed E-state index contributed by atoms with van der Waals surface area (Å²) in [6.45, 7) is 2.79. The van der Waals surface area contributed by atoms with Crippen molar-refractivity contribution in [1.82, 2.24) is 0 Å². The van der Waals surface area contributed by atoms with Crippen LogP contribution in [-0.4, -0.2) is 19.8 Å². The van der Waals surface area contributed by atoms with Gasteiger partial charge >= 0.3 is 0 Å². The van der Waals surface area contributed by atoms with E-state index in [2.05, 4.69) is 31.2 Å². The molecule has 0 aromatic heterocycles. The SMILES string of the molecule is CCC[C@H](N)Cc1ccc(OC)c(OCCc2ccccc2)c1. The third kappa shape index (κ3) is 5.61. The van der Waals surface area contributed by atoms with Crippen LogP contribution < -0.4 is 15.2 Å². The highest BCUT2D eigenvalue weighted by molar-refractivity contribution is 5.43. The molecule has 124 valence electrons. The average Bonchev–Trinajstić information content (AvgIpc) is 2.56. The number of ether oxygens (including phenoxy) is 2. The Morgan fingerprint density at radius 3 is 2.48 bits per heavy atom. The molecule has 1 atom stereocenters. The molecule has 2 rings (SSSR count). The van der Waals surface area contributed by atoms with Crippen molar-refractivity contribution in [2.24, 2.45) is 5.73 Å². The first kappa shape index (κ1) is 17.4. The van der Waals surface area contributed by atoms with Gasteiger partial charge in [-0.25, -0.2) is 0 Å². The van der Waals surface area contributed by atoms with Crippen LogP contribution in [0.1, 0.15) is 30.9 Å². The zero-order chi connectivity index (χ0) is 16.5. The van der Waals surface area contributed by atoms with Crippen molar-refractivity contribution in [3.05, 3.63) is 59.7 Å². The van der Waals surface area contributed by atoms with Gasteiger partial charge in [0.05, 0.1) is 13.7 Å². The Bertz CT molecular complexity index is 583. The van der Waals surface area contributed by atoms with Crippen LogP contribution in [-0.2, 0) is 12.8 Å². The van der Waals surface area contributed by atoms with Crippen molar-refractivity contribution in [2.75, 3.05) is 13.7 Å². The van der Waals surface area contributed by atoms with Crippen molar-refractivity contribution < 1.29 is 9.47 Å². The molecule has 0 bridgehead atoms. The first-order chi connectivity index (χ1) is 11.2. The van der Waals surface area contributed by atoms with E-state index in [0.717, 1.165) is 37.2 Å². The third-order valence-electron chi connectivity index (χ3n) is 3.88. The van der Waals surface area contributed by atoms with Crippen LogP contribution in [0.5, 0.6) is 11.5 Å². The molecule has 0 fully saturated rings. The fourth-order valence-corrected chi connectivity index (χ4v) is 2.66. The van der Waals surface area contributed by atoms with Crippen LogP contribution in [0.4, 0.5) is 0 Å². The summed E-state index contributed by atoms with van der Waals surface area (Å²) in [5.74, 6) is 1.57. The summed E-state index contributed by atoms with van der Waals surface area (Å²) in [5.41, 5.74) is 8.61. The summed E-state index contributed by atoms with van der Waals surface area (Å²) < 4.78 is 11.3. The minimum atomic E-state index is 0.200. The largest absolute Gasteiger partial charge is 0.493 e. The Morgan fingerprint density at radius 2 is 1.78 bits per heavy atom. The molecule has 0 saturated heterocycles. The molecular formula is C20H27NO2. The summed E-state index contributed by atoms with van der Waals surface area (Å²) >= 11 is 0. The van der Waals surface area contributed by atoms with Gasteiger partial charge in [0.1, 0.15) is 0 Å². The molecule has 2 aromatic carbocycles. The van der Waals surface area contributed by atoms with Gasteiger partial charge in [-0.15, -0.1) is 0 Å². The first-order valence-corrected chi connectivity index (χ1v) is 8.32. The normalized spacial score (nSPS) is 12.0. The van der Waals surface area contributed by atoms with Crippen molar-refractivity contribution in [2.45, 2.75) is 38.6 Å². The summed E-state index contributed by atoms with van der Waals surface area (Å²) in [4.78, 5) is 0. The van der Waals surface area contributed by atoms with Gasteiger partial charge in [-0.3, -0.25) is 0 Å². The molecule has 3 nitrogen and oxygen atoms in total. The van der Waals surface area contributed by atoms with E-state index in [4.69, 9.17) is 15.2 Å². The highest BCUT2D eigenvalue weighted by Gasteiger charge is 2.09. The van der Waals surface area contributed by atoms with Gasteiger partial charge in [0.25, 0.3) is 0 Å². The van der Waals surface area contributed by atoms with Gasteiger partial charge < -0.3 is 15.2 Å². The maximum absolute atomic E-state index is 6.14. The number of hydrogen-bond donors (Lipinski definition) is 1. The maximum atomic E-state index is 6.14. The quantitative estimate of drug-likeness (QED) is 0.761. The molecule has 0 amide bonds. The van der Waals surface area contributed by atoms with E-state index in [-0.39, 0.29) is 6.04 Å². The van der Waals surface area contributed by atoms with E-state index in [1.807, 2.05) is 24.3 Å². The predicted octanol–water partition coefficient (Wildman–Crippen LogP) is 3.99. The molecular weight excluding hydrogens is 286 g/mol. The summed E-state index contributed by atoms with van der Waals surface area (Å²) in [7, 11) is 1.67. The van der Waals surface area contributed by atoms with Gasteiger partial charge in [0, 0.05) is 12.5 Å². The van der Waals surface area contributed by atoms with Gasteiger partial charge in [-0.1, -0.05) is 49.7 Å². The average molecular weight is 313 g/mol. The van der Waals surface area contributed by atoms with Crippen molar-refractivity contribution >= 4 is 0 Å². The second-order valence-electron chi connectivity index (χ2n) is 5.82. The number of rotatable bonds is 9. The van der Waals surface area contributed by atoms with Crippen LogP contribution in [0.2, 0.25) is 0 Å². The molecule has 0 unspecified atom stereocenters. The second kappa shape index (κ2) is 9.21. The topological polar surface area (TPSA) is 44.5 Å². The lowest BCUT2D eigenvalue weighted by molar-refractivity contribution is 0.297. The van der Waals surface area contributed by atoms with Gasteiger partial charge in [0.15, 0.2) is 11.5 Å². The molecule has 0 spiro atoms. The molecule has 2 aromatic rings. The number of methoxy groups -OCH3 is 1. The van der Waals surface area contributed by atoms with Crippen molar-refractivity contribution in [1.29, 1.82) is 0 Å². The number of nitrogens with two attached hydrogens (primary N) is 1. The van der Waals surface area contributed by atoms with E-state index in [1.54, 1.807) is 7.11 Å². The van der Waals surface area contributed by atoms with Crippen LogP contribution >= 0.6 is 0 Å². The lowest BCUT2D eigenvalue weighted by Gasteiger charge is -2.14. The Morgan fingerprint density at radius 1 is 1.00 bits per heavy atom. The Kier molecular flexibility index (Phi) is 6.95. The lowest BCUT2D eigenvalue weighted by atomic mass is 10.0. The Labute approximate surface area is 139 Å². The number of benzene rings is 2. The van der Waals surface area contributed by atoms with Crippen LogP contribution in [0.3, 0.4) is 0 Å². The third-order valence-corrected chi connectivity index (χ3v) is 3.88. The van der Waals surface area contributed by atoms with E-state index < -0.39 is 0 Å². The van der Waals surface area contributed by atoms with Gasteiger partial charge in [-0.2, -0.15) is 0 Å². The van der Waals surface area contributed by atoms with Crippen molar-refractivity contribution in [3.8, 4) is 11.5 Å². The van der Waals surface area contributed by atoms with E-state index in [1.165, 1.54) is 11.1 Å². The van der Waals surface area contributed by atoms with Gasteiger partial charge in [-0.05, 0) is 36.1 Å². The Balaban J connectivity index is 1.98. The fourth-order valence-electron chi connectivity index (χ4n) is 2.66. The minimum absolute atomic E-state index is 0.200. The predicted molar refractivity (Wildman–Crippen MR) is 95.2 cm³/mol. The zero-order valence-corrected chi connectivity index (χ0v) is 14.1. The summed E-state index contributed by atoms with van der Waals surface area (Å²) in [6.07, 6.45) is 3.89. The van der Waals surface area contributed by atoms with E-state index in [0.29, 0.717) is 6.61 Å². The molecule has 2 N–H and O–H groups in total. The molecule has 23 heavy (non-hydrogen) atoms. The second-order valence-corrected chi connectivity index (χ2v) is 5.82. The highest BCUT2D eigenvalue weighted by atomic mass is 16.5. The van der Waals surface area contributed by atoms with Crippen LogP contribution in [0.15, 0.2) is 48.5 Å². The maximum Gasteiger partial charge on any atom is 0.161 e. The molecule has 3 heteroatoms. The number of hydrogen-bond acceptors (Lipinski definition) is 3.